The number of hydrogen-bond acceptors (Lipinski definition) is 11. The summed E-state index contributed by atoms with van der Waals surface area (Å²) < 4.78 is 16.3. The maximum Gasteiger partial charge on any atom is 0.239 e. The van der Waals surface area contributed by atoms with Crippen molar-refractivity contribution >= 4 is 11.0 Å². The Morgan fingerprint density at radius 2 is 1.65 bits per heavy atom. The summed E-state index contributed by atoms with van der Waals surface area (Å²) in [6, 6.07) is 5.50. The number of rotatable bonds is 3. The second-order valence-corrected chi connectivity index (χ2v) is 7.00. The molecule has 1 saturated heterocycles. The van der Waals surface area contributed by atoms with Crippen LogP contribution in [-0.4, -0.2) is 67.0 Å². The van der Waals surface area contributed by atoms with E-state index in [-0.39, 0.29) is 28.0 Å². The molecule has 1 aliphatic rings. The number of benzene rings is 2. The molecule has 1 fully saturated rings. The minimum Gasteiger partial charge on any atom is -0.508 e. The van der Waals surface area contributed by atoms with Gasteiger partial charge in [-0.25, -0.2) is 0 Å². The molecule has 1 aromatic heterocycles. The Balaban J connectivity index is 1.92. The van der Waals surface area contributed by atoms with E-state index in [1.54, 1.807) is 0 Å². The fourth-order valence-corrected chi connectivity index (χ4v) is 3.23. The Hall–Kier alpha value is -3.51. The molecule has 4 atom stereocenters. The summed E-state index contributed by atoms with van der Waals surface area (Å²) in [7, 11) is 0. The van der Waals surface area contributed by atoms with Crippen LogP contribution in [-0.2, 0) is 4.74 Å². The van der Waals surface area contributed by atoms with Gasteiger partial charge < -0.3 is 49.6 Å². The van der Waals surface area contributed by atoms with Crippen LogP contribution in [0, 0.1) is 0 Å². The van der Waals surface area contributed by atoms with E-state index in [1.807, 2.05) is 0 Å². The second kappa shape index (κ2) is 7.63. The fraction of sp³-hybridized carbons (Fsp3) is 0.250. The third-order valence-electron chi connectivity index (χ3n) is 4.84. The lowest BCUT2D eigenvalue weighted by atomic mass is 10.1. The predicted octanol–water partition coefficient (Wildman–Crippen LogP) is 0.100. The van der Waals surface area contributed by atoms with Crippen molar-refractivity contribution in [3.63, 3.8) is 0 Å². The van der Waals surface area contributed by atoms with E-state index in [0.717, 1.165) is 24.3 Å². The van der Waals surface area contributed by atoms with Gasteiger partial charge in [-0.1, -0.05) is 0 Å². The molecule has 2 unspecified atom stereocenters. The largest absolute Gasteiger partial charge is 0.508 e. The number of phenols is 4. The average molecular weight is 434 g/mol. The maximum atomic E-state index is 13.1. The van der Waals surface area contributed by atoms with Crippen molar-refractivity contribution < 1.29 is 49.6 Å². The lowest BCUT2D eigenvalue weighted by molar-refractivity contribution is -0.242. The van der Waals surface area contributed by atoms with Crippen LogP contribution in [0.4, 0.5) is 0 Å². The van der Waals surface area contributed by atoms with Crippen LogP contribution in [0.15, 0.2) is 39.5 Å². The molecule has 7 N–H and O–H groups in total. The minimum atomic E-state index is -1.73. The summed E-state index contributed by atoms with van der Waals surface area (Å²) in [5.74, 6) is -2.79. The van der Waals surface area contributed by atoms with Crippen molar-refractivity contribution in [1.82, 2.24) is 0 Å². The normalized spacial score (nSPS) is 23.7. The molecule has 0 bridgehead atoms. The molecule has 2 heterocycles. The van der Waals surface area contributed by atoms with Gasteiger partial charge in [-0.3, -0.25) is 4.79 Å². The van der Waals surface area contributed by atoms with E-state index in [0.29, 0.717) is 0 Å². The van der Waals surface area contributed by atoms with Gasteiger partial charge in [0.2, 0.25) is 17.5 Å². The second-order valence-electron chi connectivity index (χ2n) is 7.00. The highest BCUT2D eigenvalue weighted by Gasteiger charge is 2.40. The van der Waals surface area contributed by atoms with Gasteiger partial charge in [0.25, 0.3) is 0 Å². The van der Waals surface area contributed by atoms with Gasteiger partial charge in [0.1, 0.15) is 40.8 Å². The molecule has 31 heavy (non-hydrogen) atoms. The third kappa shape index (κ3) is 3.59. The summed E-state index contributed by atoms with van der Waals surface area (Å²) in [6.45, 7) is -0.393. The fourth-order valence-electron chi connectivity index (χ4n) is 3.23. The topological polar surface area (TPSA) is 190 Å². The van der Waals surface area contributed by atoms with Crippen LogP contribution < -0.4 is 10.2 Å². The van der Waals surface area contributed by atoms with Crippen LogP contribution in [0.5, 0.6) is 28.7 Å². The highest BCUT2D eigenvalue weighted by Crippen LogP contribution is 2.39. The van der Waals surface area contributed by atoms with E-state index in [1.165, 1.54) is 6.07 Å². The quantitative estimate of drug-likeness (QED) is 0.277. The Labute approximate surface area is 173 Å². The number of aliphatic hydroxyl groups is 3. The molecule has 164 valence electrons. The predicted molar refractivity (Wildman–Crippen MR) is 103 cm³/mol. The Morgan fingerprint density at radius 1 is 0.903 bits per heavy atom. The Kier molecular flexibility index (Phi) is 5.11. The van der Waals surface area contributed by atoms with Crippen LogP contribution in [0.25, 0.3) is 22.3 Å². The number of phenolic OH excluding ortho intramolecular Hbond substituents is 4. The third-order valence-corrected chi connectivity index (χ3v) is 4.84. The van der Waals surface area contributed by atoms with E-state index in [9.17, 15) is 40.5 Å². The molecule has 0 spiro atoms. The maximum absolute atomic E-state index is 13.1. The molecule has 3 aromatic rings. The van der Waals surface area contributed by atoms with E-state index in [4.69, 9.17) is 13.9 Å². The molecule has 0 saturated carbocycles. The van der Waals surface area contributed by atoms with E-state index in [2.05, 4.69) is 0 Å². The Morgan fingerprint density at radius 3 is 2.35 bits per heavy atom. The first-order valence-electron chi connectivity index (χ1n) is 9.05. The number of aliphatic hydroxyl groups excluding tert-OH is 3. The molecule has 4 rings (SSSR count). The minimum absolute atomic E-state index is 0.0676. The van der Waals surface area contributed by atoms with Crippen LogP contribution >= 0.6 is 0 Å². The van der Waals surface area contributed by atoms with Gasteiger partial charge in [-0.2, -0.15) is 0 Å². The highest BCUT2D eigenvalue weighted by atomic mass is 16.7. The zero-order chi connectivity index (χ0) is 22.4. The summed E-state index contributed by atoms with van der Waals surface area (Å²) in [6.07, 6.45) is -6.29. The number of ether oxygens (including phenoxy) is 2. The van der Waals surface area contributed by atoms with Crippen molar-refractivity contribution in [2.75, 3.05) is 6.61 Å². The highest BCUT2D eigenvalue weighted by molar-refractivity contribution is 5.88. The molecule has 11 heteroatoms. The first-order chi connectivity index (χ1) is 14.7. The molecule has 0 radical (unpaired) electrons. The summed E-state index contributed by atoms with van der Waals surface area (Å²) in [5, 5.41) is 68.6. The molecular weight excluding hydrogens is 416 g/mol. The lowest BCUT2D eigenvalue weighted by Gasteiger charge is -2.34. The monoisotopic (exact) mass is 434 g/mol. The van der Waals surface area contributed by atoms with Crippen molar-refractivity contribution in [3.8, 4) is 40.1 Å². The van der Waals surface area contributed by atoms with Gasteiger partial charge in [-0.15, -0.1) is 0 Å². The number of aromatic hydroxyl groups is 4. The smallest absolute Gasteiger partial charge is 0.239 e. The first kappa shape index (κ1) is 20.8. The summed E-state index contributed by atoms with van der Waals surface area (Å²) >= 11 is 0. The first-order valence-corrected chi connectivity index (χ1v) is 9.05. The SMILES string of the molecule is O=c1c(OC2OC[C@@H](O)C(O)[C@H]2O)c(-c2ccc(O)c(O)c2)oc2cc(O)cc(O)c12. The standard InChI is InChI=1S/C20H18O11/c21-8-4-11(24)14-13(5-8)30-18(7-1-2-9(22)10(23)3-7)19(16(14)27)31-20-17(28)15(26)12(25)6-29-20/h1-5,12,15,17,20-26,28H,6H2/t12-,15?,17-,20?/m1/s1. The van der Waals surface area contributed by atoms with Crippen molar-refractivity contribution in [2.45, 2.75) is 24.6 Å². The molecule has 11 nitrogen and oxygen atoms in total. The number of hydrogen-bond donors (Lipinski definition) is 7. The molecule has 0 aliphatic carbocycles. The molecule has 0 amide bonds. The van der Waals surface area contributed by atoms with Crippen LogP contribution in [0.2, 0.25) is 0 Å². The van der Waals surface area contributed by atoms with Gasteiger partial charge >= 0.3 is 0 Å². The molecule has 2 aromatic carbocycles. The lowest BCUT2D eigenvalue weighted by Crippen LogP contribution is -2.55. The van der Waals surface area contributed by atoms with Crippen LogP contribution in [0.1, 0.15) is 0 Å². The van der Waals surface area contributed by atoms with Gasteiger partial charge in [0.15, 0.2) is 17.3 Å². The summed E-state index contributed by atoms with van der Waals surface area (Å²) in [5.41, 5.74) is -1.05. The Bertz CT molecular complexity index is 1200. The van der Waals surface area contributed by atoms with E-state index >= 15 is 0 Å². The van der Waals surface area contributed by atoms with Gasteiger partial charge in [0.05, 0.1) is 6.61 Å². The van der Waals surface area contributed by atoms with Crippen molar-refractivity contribution in [3.05, 3.63) is 40.6 Å². The summed E-state index contributed by atoms with van der Waals surface area (Å²) in [4.78, 5) is 13.1. The van der Waals surface area contributed by atoms with Crippen molar-refractivity contribution in [1.29, 1.82) is 0 Å². The van der Waals surface area contributed by atoms with Crippen LogP contribution in [0.3, 0.4) is 0 Å². The zero-order valence-corrected chi connectivity index (χ0v) is 15.7. The molecular formula is C20H18O11. The van der Waals surface area contributed by atoms with E-state index < -0.39 is 59.6 Å². The molecule has 1 aliphatic heterocycles. The number of fused-ring (bicyclic) bond motifs is 1. The van der Waals surface area contributed by atoms with Gasteiger partial charge in [-0.05, 0) is 18.2 Å². The van der Waals surface area contributed by atoms with Gasteiger partial charge in [0, 0.05) is 17.7 Å². The zero-order valence-electron chi connectivity index (χ0n) is 15.7. The van der Waals surface area contributed by atoms with Crippen molar-refractivity contribution in [2.24, 2.45) is 0 Å². The average Bonchev–Trinajstić information content (AvgIpc) is 2.71.